The number of carbonyl (C=O) groups is 1. The molecule has 1 N–H and O–H groups in total. The fraction of sp³-hybridized carbons (Fsp3) is 0.360. The molecule has 176 valence electrons. The second-order valence-electron chi connectivity index (χ2n) is 9.48. The molecule has 1 unspecified atom stereocenters. The first-order chi connectivity index (χ1) is 16.2. The van der Waals surface area contributed by atoms with E-state index in [1.807, 2.05) is 31.4 Å². The summed E-state index contributed by atoms with van der Waals surface area (Å²) in [5.74, 6) is 0.504. The predicted octanol–water partition coefficient (Wildman–Crippen LogP) is 4.27. The molecule has 0 saturated carbocycles. The molecule has 3 heterocycles. The number of nitrogens with zero attached hydrogens (tertiary/aromatic N) is 5. The fourth-order valence-electron chi connectivity index (χ4n) is 4.41. The zero-order chi connectivity index (χ0) is 24.2. The molecule has 0 bridgehead atoms. The van der Waals surface area contributed by atoms with Gasteiger partial charge in [-0.05, 0) is 44.7 Å². The third-order valence-corrected chi connectivity index (χ3v) is 5.88. The monoisotopic (exact) mass is 461 g/mol. The lowest BCUT2D eigenvalue weighted by atomic mass is 9.99. The molecule has 9 nitrogen and oxygen atoms in total. The van der Waals surface area contributed by atoms with Crippen LogP contribution in [0.15, 0.2) is 36.7 Å². The van der Waals surface area contributed by atoms with Crippen LogP contribution in [0.4, 0.5) is 4.79 Å². The number of pyridine rings is 1. The summed E-state index contributed by atoms with van der Waals surface area (Å²) in [4.78, 5) is 18.0. The summed E-state index contributed by atoms with van der Waals surface area (Å²) in [7, 11) is 3.39. The van der Waals surface area contributed by atoms with Gasteiger partial charge in [0.15, 0.2) is 0 Å². The Hall–Kier alpha value is -3.72. The average Bonchev–Trinajstić information content (AvgIpc) is 3.48. The number of hydrogen-bond donors (Lipinski definition) is 1. The van der Waals surface area contributed by atoms with Crippen LogP contribution >= 0.6 is 0 Å². The van der Waals surface area contributed by atoms with Gasteiger partial charge in [-0.2, -0.15) is 14.9 Å². The first-order valence-electron chi connectivity index (χ1n) is 11.2. The standard InChI is InChI=1S/C25H27N5O4/c1-25(2,3)34-24(32)30-18-11-20(33-5)22(17-8-6-7-16-15(17)9-10-19(16)31)27-23(18)21(28-30)14-12-26-29(4)13-14/h6-8,11-13,19,31H,9-10H2,1-5H3. The SMILES string of the molecule is COc1cc2c(nc1-c1cccc3c1CCC3O)c(-c1cnn(C)c1)nn2C(=O)OC(C)(C)C. The molecular weight excluding hydrogens is 434 g/mol. The summed E-state index contributed by atoms with van der Waals surface area (Å²) in [6, 6.07) is 7.61. The van der Waals surface area contributed by atoms with Gasteiger partial charge in [-0.25, -0.2) is 9.78 Å². The minimum atomic E-state index is -0.688. The Bertz CT molecular complexity index is 1410. The Labute approximate surface area is 196 Å². The van der Waals surface area contributed by atoms with E-state index in [1.54, 1.807) is 44.8 Å². The van der Waals surface area contributed by atoms with Crippen LogP contribution in [0.3, 0.4) is 0 Å². The van der Waals surface area contributed by atoms with Crippen LogP contribution in [0.5, 0.6) is 5.75 Å². The summed E-state index contributed by atoms with van der Waals surface area (Å²) in [5.41, 5.74) is 5.07. The van der Waals surface area contributed by atoms with Crippen LogP contribution < -0.4 is 4.74 Å². The molecule has 4 aromatic rings. The van der Waals surface area contributed by atoms with Crippen LogP contribution in [-0.4, -0.2) is 48.5 Å². The van der Waals surface area contributed by atoms with Crippen LogP contribution in [0, 0.1) is 0 Å². The zero-order valence-electron chi connectivity index (χ0n) is 19.9. The molecule has 34 heavy (non-hydrogen) atoms. The van der Waals surface area contributed by atoms with E-state index in [2.05, 4.69) is 10.2 Å². The lowest BCUT2D eigenvalue weighted by molar-refractivity contribution is 0.0523. The molecule has 0 spiro atoms. The third kappa shape index (κ3) is 3.71. The normalized spacial score (nSPS) is 15.5. The molecule has 0 radical (unpaired) electrons. The Morgan fingerprint density at radius 2 is 2.03 bits per heavy atom. The molecule has 0 saturated heterocycles. The van der Waals surface area contributed by atoms with Crippen molar-refractivity contribution >= 4 is 17.1 Å². The van der Waals surface area contributed by atoms with E-state index in [-0.39, 0.29) is 0 Å². The van der Waals surface area contributed by atoms with E-state index < -0.39 is 17.8 Å². The number of hydrogen-bond acceptors (Lipinski definition) is 7. The second kappa shape index (κ2) is 7.95. The van der Waals surface area contributed by atoms with E-state index in [4.69, 9.17) is 14.5 Å². The van der Waals surface area contributed by atoms with Crippen molar-refractivity contribution in [1.29, 1.82) is 0 Å². The third-order valence-electron chi connectivity index (χ3n) is 5.88. The maximum atomic E-state index is 13.0. The van der Waals surface area contributed by atoms with Gasteiger partial charge in [0, 0.05) is 30.4 Å². The van der Waals surface area contributed by atoms with E-state index >= 15 is 0 Å². The number of rotatable bonds is 3. The molecule has 0 aliphatic heterocycles. The van der Waals surface area contributed by atoms with Crippen LogP contribution in [0.25, 0.3) is 33.5 Å². The summed E-state index contributed by atoms with van der Waals surface area (Å²) >= 11 is 0. The predicted molar refractivity (Wildman–Crippen MR) is 127 cm³/mol. The topological polar surface area (TPSA) is 104 Å². The molecule has 5 rings (SSSR count). The quantitative estimate of drug-likeness (QED) is 0.486. The highest BCUT2D eigenvalue weighted by molar-refractivity contribution is 5.97. The van der Waals surface area contributed by atoms with Gasteiger partial charge in [0.25, 0.3) is 0 Å². The van der Waals surface area contributed by atoms with E-state index in [0.29, 0.717) is 34.6 Å². The zero-order valence-corrected chi connectivity index (χ0v) is 19.9. The number of methoxy groups -OCH3 is 1. The number of aryl methyl sites for hydroxylation is 1. The lowest BCUT2D eigenvalue weighted by Gasteiger charge is -2.19. The smallest absolute Gasteiger partial charge is 0.435 e. The molecule has 0 fully saturated rings. The van der Waals surface area contributed by atoms with Crippen LogP contribution in [0.1, 0.15) is 44.4 Å². The van der Waals surface area contributed by atoms with Crippen molar-refractivity contribution < 1.29 is 19.4 Å². The minimum absolute atomic E-state index is 0.473. The van der Waals surface area contributed by atoms with Crippen molar-refractivity contribution in [1.82, 2.24) is 24.5 Å². The molecule has 9 heteroatoms. The number of carbonyl (C=O) groups excluding carboxylic acids is 1. The number of benzene rings is 1. The van der Waals surface area contributed by atoms with E-state index in [9.17, 15) is 9.90 Å². The molecular formula is C25H27N5O4. The summed E-state index contributed by atoms with van der Waals surface area (Å²) in [6.07, 6.45) is 3.85. The highest BCUT2D eigenvalue weighted by Crippen LogP contribution is 2.41. The van der Waals surface area contributed by atoms with Crippen LogP contribution in [0.2, 0.25) is 0 Å². The van der Waals surface area contributed by atoms with Gasteiger partial charge in [-0.3, -0.25) is 4.68 Å². The molecule has 3 aromatic heterocycles. The second-order valence-corrected chi connectivity index (χ2v) is 9.48. The largest absolute Gasteiger partial charge is 0.494 e. The van der Waals surface area contributed by atoms with Crippen molar-refractivity contribution in [3.63, 3.8) is 0 Å². The summed E-state index contributed by atoms with van der Waals surface area (Å²) in [6.45, 7) is 5.42. The van der Waals surface area contributed by atoms with Crippen molar-refractivity contribution in [2.45, 2.75) is 45.3 Å². The van der Waals surface area contributed by atoms with Crippen molar-refractivity contribution in [2.24, 2.45) is 7.05 Å². The number of fused-ring (bicyclic) bond motifs is 2. The van der Waals surface area contributed by atoms with Gasteiger partial charge in [-0.1, -0.05) is 18.2 Å². The summed E-state index contributed by atoms with van der Waals surface area (Å²) in [5, 5.41) is 19.2. The van der Waals surface area contributed by atoms with E-state index in [1.165, 1.54) is 4.68 Å². The lowest BCUT2D eigenvalue weighted by Crippen LogP contribution is -2.27. The highest BCUT2D eigenvalue weighted by Gasteiger charge is 2.28. The maximum Gasteiger partial charge on any atom is 0.435 e. The molecule has 1 aliphatic carbocycles. The maximum absolute atomic E-state index is 13.0. The molecule has 1 atom stereocenters. The first-order valence-corrected chi connectivity index (χ1v) is 11.2. The van der Waals surface area contributed by atoms with E-state index in [0.717, 1.165) is 28.7 Å². The van der Waals surface area contributed by atoms with Crippen molar-refractivity contribution in [2.75, 3.05) is 7.11 Å². The number of ether oxygens (including phenoxy) is 2. The van der Waals surface area contributed by atoms with Gasteiger partial charge < -0.3 is 14.6 Å². The van der Waals surface area contributed by atoms with Gasteiger partial charge >= 0.3 is 6.09 Å². The first kappa shape index (κ1) is 22.1. The molecule has 0 amide bonds. The number of aliphatic hydroxyl groups is 1. The van der Waals surface area contributed by atoms with Crippen molar-refractivity contribution in [3.05, 3.63) is 47.8 Å². The van der Waals surface area contributed by atoms with Gasteiger partial charge in [0.05, 0.1) is 19.4 Å². The van der Waals surface area contributed by atoms with Gasteiger partial charge in [0.2, 0.25) is 0 Å². The van der Waals surface area contributed by atoms with Gasteiger partial charge in [0.1, 0.15) is 33.8 Å². The van der Waals surface area contributed by atoms with Crippen LogP contribution in [-0.2, 0) is 18.2 Å². The molecule has 1 aliphatic rings. The van der Waals surface area contributed by atoms with Gasteiger partial charge in [-0.15, -0.1) is 0 Å². The number of aliphatic hydroxyl groups excluding tert-OH is 1. The minimum Gasteiger partial charge on any atom is -0.494 e. The Kier molecular flexibility index (Phi) is 5.16. The summed E-state index contributed by atoms with van der Waals surface area (Å²) < 4.78 is 14.2. The Balaban J connectivity index is 1.77. The molecule has 1 aromatic carbocycles. The highest BCUT2D eigenvalue weighted by atomic mass is 16.6. The number of aromatic nitrogens is 5. The Morgan fingerprint density at radius 3 is 2.71 bits per heavy atom. The Morgan fingerprint density at radius 1 is 1.24 bits per heavy atom. The van der Waals surface area contributed by atoms with Crippen molar-refractivity contribution in [3.8, 4) is 28.3 Å². The average molecular weight is 462 g/mol. The fourth-order valence-corrected chi connectivity index (χ4v) is 4.41.